The Morgan fingerprint density at radius 3 is 2.45 bits per heavy atom. The standard InChI is InChI=1S/C18H29FN2O/c1-5-9-21(10-6-2)12-15-17(20)14-11-13(19)7-8-16(14)22-18(15,3)4/h7-8,11,15,17H,5-6,9-10,12,20H2,1-4H3. The van der Waals surface area contributed by atoms with Gasteiger partial charge in [-0.15, -0.1) is 0 Å². The first-order valence-electron chi connectivity index (χ1n) is 8.35. The van der Waals surface area contributed by atoms with Crippen molar-refractivity contribution in [3.8, 4) is 5.75 Å². The maximum atomic E-state index is 13.6. The van der Waals surface area contributed by atoms with Crippen LogP contribution in [-0.4, -0.2) is 30.1 Å². The highest BCUT2D eigenvalue weighted by Gasteiger charge is 2.42. The summed E-state index contributed by atoms with van der Waals surface area (Å²) in [5.74, 6) is 0.600. The first-order valence-corrected chi connectivity index (χ1v) is 8.35. The molecule has 0 aliphatic carbocycles. The first kappa shape index (κ1) is 17.2. The first-order chi connectivity index (χ1) is 10.4. The molecule has 3 nitrogen and oxygen atoms in total. The Kier molecular flexibility index (Phi) is 5.45. The van der Waals surface area contributed by atoms with Crippen LogP contribution in [0.25, 0.3) is 0 Å². The lowest BCUT2D eigenvalue weighted by Gasteiger charge is -2.45. The van der Waals surface area contributed by atoms with Gasteiger partial charge in [0, 0.05) is 24.1 Å². The van der Waals surface area contributed by atoms with E-state index in [-0.39, 0.29) is 23.4 Å². The molecule has 1 aromatic carbocycles. The highest BCUT2D eigenvalue weighted by Crippen LogP contribution is 2.43. The van der Waals surface area contributed by atoms with E-state index in [0.717, 1.165) is 38.0 Å². The molecule has 2 N–H and O–H groups in total. The Morgan fingerprint density at radius 1 is 1.23 bits per heavy atom. The van der Waals surface area contributed by atoms with Crippen molar-refractivity contribution in [3.63, 3.8) is 0 Å². The molecule has 0 saturated heterocycles. The molecule has 0 spiro atoms. The molecule has 1 aliphatic heterocycles. The largest absolute Gasteiger partial charge is 0.487 e. The third-order valence-corrected chi connectivity index (χ3v) is 4.56. The molecule has 1 aromatic rings. The van der Waals surface area contributed by atoms with E-state index in [1.165, 1.54) is 12.1 Å². The number of halogens is 1. The number of nitrogens with two attached hydrogens (primary N) is 1. The second-order valence-electron chi connectivity index (χ2n) is 6.82. The predicted octanol–water partition coefficient (Wildman–Crippen LogP) is 3.73. The molecule has 1 heterocycles. The summed E-state index contributed by atoms with van der Waals surface area (Å²) in [6.45, 7) is 11.5. The predicted molar refractivity (Wildman–Crippen MR) is 88.5 cm³/mol. The van der Waals surface area contributed by atoms with Gasteiger partial charge < -0.3 is 15.4 Å². The second kappa shape index (κ2) is 6.97. The molecule has 0 fully saturated rings. The smallest absolute Gasteiger partial charge is 0.125 e. The van der Waals surface area contributed by atoms with E-state index in [4.69, 9.17) is 10.5 Å². The molecule has 0 amide bonds. The van der Waals surface area contributed by atoms with Crippen LogP contribution in [0.2, 0.25) is 0 Å². The molecular weight excluding hydrogens is 279 g/mol. The summed E-state index contributed by atoms with van der Waals surface area (Å²) in [5.41, 5.74) is 6.93. The van der Waals surface area contributed by atoms with E-state index in [9.17, 15) is 4.39 Å². The zero-order valence-corrected chi connectivity index (χ0v) is 14.2. The number of fused-ring (bicyclic) bond motifs is 1. The molecule has 2 atom stereocenters. The van der Waals surface area contributed by atoms with Gasteiger partial charge in [0.05, 0.1) is 0 Å². The van der Waals surface area contributed by atoms with Crippen molar-refractivity contribution in [2.75, 3.05) is 19.6 Å². The average Bonchev–Trinajstić information content (AvgIpc) is 2.44. The Bertz CT molecular complexity index is 498. The fraction of sp³-hybridized carbons (Fsp3) is 0.667. The number of rotatable bonds is 6. The van der Waals surface area contributed by atoms with Gasteiger partial charge in [0.1, 0.15) is 17.2 Å². The van der Waals surface area contributed by atoms with Crippen LogP contribution in [0.5, 0.6) is 5.75 Å². The molecule has 22 heavy (non-hydrogen) atoms. The topological polar surface area (TPSA) is 38.5 Å². The van der Waals surface area contributed by atoms with Gasteiger partial charge in [0.2, 0.25) is 0 Å². The molecule has 124 valence electrons. The van der Waals surface area contributed by atoms with Gasteiger partial charge in [-0.2, -0.15) is 0 Å². The van der Waals surface area contributed by atoms with E-state index in [1.54, 1.807) is 6.07 Å². The molecule has 4 heteroatoms. The third kappa shape index (κ3) is 3.61. The number of nitrogens with zero attached hydrogens (tertiary/aromatic N) is 1. The van der Waals surface area contributed by atoms with Gasteiger partial charge >= 0.3 is 0 Å². The number of hydrogen-bond donors (Lipinski definition) is 1. The van der Waals surface area contributed by atoms with Crippen molar-refractivity contribution in [2.24, 2.45) is 11.7 Å². The molecule has 0 saturated carbocycles. The van der Waals surface area contributed by atoms with E-state index < -0.39 is 0 Å². The van der Waals surface area contributed by atoms with Crippen molar-refractivity contribution >= 4 is 0 Å². The molecule has 2 unspecified atom stereocenters. The molecule has 2 rings (SSSR count). The SMILES string of the molecule is CCCN(CCC)CC1C(N)c2cc(F)ccc2OC1(C)C. The summed E-state index contributed by atoms with van der Waals surface area (Å²) in [4.78, 5) is 2.44. The second-order valence-corrected chi connectivity index (χ2v) is 6.82. The third-order valence-electron chi connectivity index (χ3n) is 4.56. The number of hydrogen-bond acceptors (Lipinski definition) is 3. The van der Waals surface area contributed by atoms with Gasteiger partial charge in [-0.05, 0) is 58.0 Å². The molecule has 1 aliphatic rings. The Hall–Kier alpha value is -1.13. The molecule has 0 radical (unpaired) electrons. The summed E-state index contributed by atoms with van der Waals surface area (Å²) in [7, 11) is 0. The zero-order chi connectivity index (χ0) is 16.3. The van der Waals surface area contributed by atoms with Crippen LogP contribution >= 0.6 is 0 Å². The minimum atomic E-state index is -0.357. The zero-order valence-electron chi connectivity index (χ0n) is 14.2. The summed E-state index contributed by atoms with van der Waals surface area (Å²) in [5, 5.41) is 0. The maximum Gasteiger partial charge on any atom is 0.125 e. The van der Waals surface area contributed by atoms with Crippen LogP contribution in [0.3, 0.4) is 0 Å². The average molecular weight is 308 g/mol. The minimum absolute atomic E-state index is 0.139. The summed E-state index contributed by atoms with van der Waals surface area (Å²) in [6.07, 6.45) is 2.24. The van der Waals surface area contributed by atoms with E-state index in [1.807, 2.05) is 0 Å². The quantitative estimate of drug-likeness (QED) is 0.870. The van der Waals surface area contributed by atoms with E-state index in [2.05, 4.69) is 32.6 Å². The normalized spacial score (nSPS) is 23.2. The van der Waals surface area contributed by atoms with Crippen LogP contribution < -0.4 is 10.5 Å². The maximum absolute atomic E-state index is 13.6. The van der Waals surface area contributed by atoms with Gasteiger partial charge in [-0.25, -0.2) is 4.39 Å². The Balaban J connectivity index is 2.26. The van der Waals surface area contributed by atoms with Crippen LogP contribution in [0.15, 0.2) is 18.2 Å². The van der Waals surface area contributed by atoms with Crippen molar-refractivity contribution in [3.05, 3.63) is 29.6 Å². The van der Waals surface area contributed by atoms with Crippen molar-refractivity contribution in [1.82, 2.24) is 4.90 Å². The molecule has 0 aromatic heterocycles. The van der Waals surface area contributed by atoms with Crippen molar-refractivity contribution < 1.29 is 9.13 Å². The summed E-state index contributed by atoms with van der Waals surface area (Å²) >= 11 is 0. The van der Waals surface area contributed by atoms with Crippen LogP contribution in [0.1, 0.15) is 52.1 Å². The fourth-order valence-corrected chi connectivity index (χ4v) is 3.42. The van der Waals surface area contributed by atoms with Crippen LogP contribution in [-0.2, 0) is 0 Å². The van der Waals surface area contributed by atoms with Crippen molar-refractivity contribution in [2.45, 2.75) is 52.2 Å². The lowest BCUT2D eigenvalue weighted by Crippen LogP contribution is -2.52. The molecular formula is C18H29FN2O. The fourth-order valence-electron chi connectivity index (χ4n) is 3.42. The Morgan fingerprint density at radius 2 is 1.86 bits per heavy atom. The summed E-state index contributed by atoms with van der Waals surface area (Å²) < 4.78 is 19.7. The van der Waals surface area contributed by atoms with Gasteiger partial charge in [-0.1, -0.05) is 13.8 Å². The van der Waals surface area contributed by atoms with Gasteiger partial charge in [-0.3, -0.25) is 0 Å². The monoisotopic (exact) mass is 308 g/mol. The lowest BCUT2D eigenvalue weighted by molar-refractivity contribution is -0.00688. The highest BCUT2D eigenvalue weighted by atomic mass is 19.1. The van der Waals surface area contributed by atoms with Gasteiger partial charge in [0.15, 0.2) is 0 Å². The highest BCUT2D eigenvalue weighted by molar-refractivity contribution is 5.40. The minimum Gasteiger partial charge on any atom is -0.487 e. The number of ether oxygens (including phenoxy) is 1. The van der Waals surface area contributed by atoms with Crippen LogP contribution in [0, 0.1) is 11.7 Å². The van der Waals surface area contributed by atoms with Crippen molar-refractivity contribution in [1.29, 1.82) is 0 Å². The van der Waals surface area contributed by atoms with E-state index in [0.29, 0.717) is 5.75 Å². The van der Waals surface area contributed by atoms with E-state index >= 15 is 0 Å². The summed E-state index contributed by atoms with van der Waals surface area (Å²) in [6, 6.07) is 4.44. The van der Waals surface area contributed by atoms with Gasteiger partial charge in [0.25, 0.3) is 0 Å². The number of benzene rings is 1. The van der Waals surface area contributed by atoms with Crippen LogP contribution in [0.4, 0.5) is 4.39 Å². The molecule has 0 bridgehead atoms. The Labute approximate surface area is 133 Å². The lowest BCUT2D eigenvalue weighted by atomic mass is 9.78.